The zero-order chi connectivity index (χ0) is 75.1. The number of aromatic amines is 3. The second-order valence-corrected chi connectivity index (χ2v) is 26.0. The predicted octanol–water partition coefficient (Wildman–Crippen LogP) is 0.0387. The molecule has 0 radical (unpaired) electrons. The maximum absolute atomic E-state index is 15.5. The van der Waals surface area contributed by atoms with Gasteiger partial charge in [-0.25, -0.2) is 0 Å². The van der Waals surface area contributed by atoms with Crippen LogP contribution in [0.5, 0.6) is 0 Å². The molecule has 31 nitrogen and oxygen atoms in total. The zero-order valence-electron chi connectivity index (χ0n) is 58.3. The number of nitrogens with one attached hydrogen (secondary N) is 13. The summed E-state index contributed by atoms with van der Waals surface area (Å²) in [6.45, 7) is 4.76. The number of likely N-dealkylation sites (tertiary alicyclic amines) is 1. The maximum Gasteiger partial charge on any atom is 0.305 e. The predicted molar refractivity (Wildman–Crippen MR) is 384 cm³/mol. The van der Waals surface area contributed by atoms with Crippen molar-refractivity contribution in [3.8, 4) is 0 Å². The molecule has 31 heteroatoms. The highest BCUT2D eigenvalue weighted by Gasteiger charge is 2.41. The van der Waals surface area contributed by atoms with E-state index >= 15 is 14.4 Å². The van der Waals surface area contributed by atoms with Crippen molar-refractivity contribution < 1.29 is 72.5 Å². The SMILES string of the molecule is CC[C@H](C)[C@H](NC(=O)CNC(=O)[C@@H]1CCCN1C(=O)[C@H](Cc1c[nH]c2ccccc12)NC(=O)[C@H](Cc1c[nH]c2ccccc12)NC(=O)[C@H](CCCCN)NC(=O)[C@H](Cc1c[nH]c2ccccc12)NC(=O)[C@H](C)NC(=O)[C@H](CO)NC(C)=O)C(=O)N[C@@H](Cc1ccccc1)C(=O)N[C@@H](CC(=O)O)C(N)=O. The Bertz CT molecular complexity index is 4230. The van der Waals surface area contributed by atoms with Crippen molar-refractivity contribution in [1.29, 1.82) is 0 Å². The van der Waals surface area contributed by atoms with Crippen molar-refractivity contribution in [2.75, 3.05) is 26.2 Å². The molecule has 7 aromatic rings. The van der Waals surface area contributed by atoms with E-state index in [1.165, 1.54) is 11.8 Å². The van der Waals surface area contributed by atoms with Crippen LogP contribution < -0.4 is 64.6 Å². The van der Waals surface area contributed by atoms with Crippen LogP contribution in [0.3, 0.4) is 0 Å². The number of rotatable bonds is 38. The maximum atomic E-state index is 15.5. The molecule has 12 amide bonds. The second kappa shape index (κ2) is 37.4. The number of aliphatic carboxylic acids is 1. The number of nitrogens with two attached hydrogens (primary N) is 2. The van der Waals surface area contributed by atoms with Crippen molar-refractivity contribution in [3.63, 3.8) is 0 Å². The molecule has 0 spiro atoms. The van der Waals surface area contributed by atoms with Crippen LogP contribution >= 0.6 is 0 Å². The van der Waals surface area contributed by atoms with Crippen LogP contribution in [0.2, 0.25) is 0 Å². The molecule has 4 aromatic carbocycles. The third-order valence-corrected chi connectivity index (χ3v) is 18.4. The number of carboxylic acids is 1. The van der Waals surface area contributed by atoms with Gasteiger partial charge in [0, 0.05) is 90.5 Å². The molecular weight excluding hydrogens is 1340 g/mol. The number of aliphatic hydroxyl groups excluding tert-OH is 1. The van der Waals surface area contributed by atoms with E-state index in [1.54, 1.807) is 81.0 Å². The van der Waals surface area contributed by atoms with Crippen LogP contribution in [0, 0.1) is 5.92 Å². The summed E-state index contributed by atoms with van der Waals surface area (Å²) < 4.78 is 0. The molecule has 1 saturated heterocycles. The molecular formula is C73H92N16O15. The van der Waals surface area contributed by atoms with Gasteiger partial charge in [0.05, 0.1) is 19.6 Å². The first-order valence-corrected chi connectivity index (χ1v) is 34.6. The van der Waals surface area contributed by atoms with E-state index in [0.717, 1.165) is 28.7 Å². The largest absolute Gasteiger partial charge is 0.481 e. The van der Waals surface area contributed by atoms with Crippen LogP contribution in [-0.2, 0) is 88.0 Å². The highest BCUT2D eigenvalue weighted by Crippen LogP contribution is 2.26. The summed E-state index contributed by atoms with van der Waals surface area (Å²) in [5.41, 5.74) is 15.9. The molecule has 1 fully saturated rings. The Hall–Kier alpha value is -11.5. The number of amides is 12. The topological polar surface area (TPSA) is 485 Å². The molecule has 4 heterocycles. The molecule has 0 unspecified atom stereocenters. The Kier molecular flexibility index (Phi) is 28.2. The van der Waals surface area contributed by atoms with Crippen LogP contribution in [0.1, 0.15) is 94.9 Å². The van der Waals surface area contributed by atoms with E-state index in [9.17, 15) is 58.2 Å². The Morgan fingerprint density at radius 3 is 1.51 bits per heavy atom. The van der Waals surface area contributed by atoms with Gasteiger partial charge in [-0.1, -0.05) is 105 Å². The molecule has 8 rings (SSSR count). The van der Waals surface area contributed by atoms with Gasteiger partial charge in [0.15, 0.2) is 0 Å². The number of carbonyl (C=O) groups excluding carboxylic acids is 12. The summed E-state index contributed by atoms with van der Waals surface area (Å²) in [5, 5.41) is 47.7. The van der Waals surface area contributed by atoms with Gasteiger partial charge >= 0.3 is 5.97 Å². The minimum absolute atomic E-state index is 0.00668. The number of hydrogen-bond donors (Lipinski definition) is 17. The summed E-state index contributed by atoms with van der Waals surface area (Å²) in [6.07, 6.45) is 5.25. The van der Waals surface area contributed by atoms with Crippen LogP contribution in [-0.4, -0.2) is 194 Å². The Balaban J connectivity index is 1.03. The van der Waals surface area contributed by atoms with Gasteiger partial charge in [0.25, 0.3) is 0 Å². The van der Waals surface area contributed by atoms with E-state index in [-0.39, 0.29) is 51.6 Å². The summed E-state index contributed by atoms with van der Waals surface area (Å²) in [6, 6.07) is 16.5. The average Bonchev–Trinajstić information content (AvgIpc) is 1.63. The number of H-pyrrole nitrogens is 3. The van der Waals surface area contributed by atoms with Crippen molar-refractivity contribution in [1.82, 2.24) is 73.0 Å². The summed E-state index contributed by atoms with van der Waals surface area (Å²) in [4.78, 5) is 191. The number of fused-ring (bicyclic) bond motifs is 3. The first-order valence-electron chi connectivity index (χ1n) is 34.6. The molecule has 11 atom stereocenters. The molecule has 1 aliphatic heterocycles. The molecule has 554 valence electrons. The van der Waals surface area contributed by atoms with E-state index in [4.69, 9.17) is 11.5 Å². The summed E-state index contributed by atoms with van der Waals surface area (Å²) in [7, 11) is 0. The zero-order valence-corrected chi connectivity index (χ0v) is 58.3. The number of carboxylic acid groups (broad SMARTS) is 1. The first-order chi connectivity index (χ1) is 49.9. The fourth-order valence-electron chi connectivity index (χ4n) is 12.6. The van der Waals surface area contributed by atoms with Crippen LogP contribution in [0.4, 0.5) is 0 Å². The molecule has 0 aliphatic carbocycles. The van der Waals surface area contributed by atoms with E-state index in [1.807, 2.05) is 54.6 Å². The average molecular weight is 1430 g/mol. The number of carbonyl (C=O) groups is 13. The number of nitrogens with zero attached hydrogens (tertiary/aromatic N) is 1. The molecule has 3 aromatic heterocycles. The number of aliphatic hydroxyl groups is 1. The number of unbranched alkanes of at least 4 members (excludes halogenated alkanes) is 1. The van der Waals surface area contributed by atoms with Gasteiger partial charge < -0.3 is 94.7 Å². The second-order valence-electron chi connectivity index (χ2n) is 26.0. The lowest BCUT2D eigenvalue weighted by atomic mass is 9.97. The van der Waals surface area contributed by atoms with Gasteiger partial charge in [-0.3, -0.25) is 62.3 Å². The summed E-state index contributed by atoms with van der Waals surface area (Å²) >= 11 is 0. The first kappa shape index (κ1) is 78.3. The minimum atomic E-state index is -1.61. The van der Waals surface area contributed by atoms with Crippen molar-refractivity contribution in [3.05, 3.63) is 144 Å². The highest BCUT2D eigenvalue weighted by molar-refractivity contribution is 6.00. The van der Waals surface area contributed by atoms with Crippen molar-refractivity contribution >= 4 is 110 Å². The number of primary amides is 1. The third kappa shape index (κ3) is 21.3. The lowest BCUT2D eigenvalue weighted by molar-refractivity contribution is -0.142. The number of para-hydroxylation sites is 3. The Morgan fingerprint density at radius 1 is 0.538 bits per heavy atom. The van der Waals surface area contributed by atoms with Crippen molar-refractivity contribution in [2.24, 2.45) is 17.4 Å². The van der Waals surface area contributed by atoms with Gasteiger partial charge in [-0.15, -0.1) is 0 Å². The smallest absolute Gasteiger partial charge is 0.305 e. The van der Waals surface area contributed by atoms with Crippen molar-refractivity contribution in [2.45, 2.75) is 159 Å². The van der Waals surface area contributed by atoms with Gasteiger partial charge in [0.1, 0.15) is 60.4 Å². The van der Waals surface area contributed by atoms with Crippen LogP contribution in [0.15, 0.2) is 122 Å². The minimum Gasteiger partial charge on any atom is -0.481 e. The van der Waals surface area contributed by atoms with Gasteiger partial charge in [0.2, 0.25) is 70.9 Å². The molecule has 104 heavy (non-hydrogen) atoms. The molecule has 0 saturated carbocycles. The van der Waals surface area contributed by atoms with Crippen LogP contribution in [0.25, 0.3) is 32.7 Å². The van der Waals surface area contributed by atoms with E-state index in [2.05, 4.69) is 68.1 Å². The monoisotopic (exact) mass is 1430 g/mol. The normalized spacial score (nSPS) is 15.6. The standard InChI is InChI=1S/C73H92N16O15/c1-5-40(2)63(72(103)86-55(30-43-18-7-6-8-19-43)67(98)83-54(64(75)95)34-62(93)94)88-61(92)38-79-71(102)60-27-17-29-89(60)73(104)58(33-46-37-78-52-25-14-11-22-49(46)52)87-69(100)57(32-45-36-77-51-24-13-10-21-48(45)51)85-66(97)53(26-15-16-28-74)82-68(99)56(31-44-35-76-50-23-12-9-20-47(44)50)84-65(96)41(3)80-70(101)59(39-90)81-42(4)91/h6-14,18-25,35-37,40-41,53-60,63,76-78,90H,5,15-17,26-34,38-39,74H2,1-4H3,(H2,75,95)(H,79,102)(H,80,101)(H,81,91)(H,82,99)(H,83,98)(H,84,96)(H,85,97)(H,86,103)(H,87,100)(H,88,92)(H,93,94)/t40-,41-,53-,54-,55-,56-,57-,58-,59-,60-,63-/m0/s1. The molecule has 0 bridgehead atoms. The van der Waals surface area contributed by atoms with E-state index < -0.39 is 163 Å². The van der Waals surface area contributed by atoms with Gasteiger partial charge in [-0.2, -0.15) is 0 Å². The van der Waals surface area contributed by atoms with E-state index in [0.29, 0.717) is 58.8 Å². The molecule has 1 aliphatic rings. The lowest BCUT2D eigenvalue weighted by Gasteiger charge is -2.30. The Morgan fingerprint density at radius 2 is 1.00 bits per heavy atom. The lowest BCUT2D eigenvalue weighted by Crippen LogP contribution is -2.60. The quantitative estimate of drug-likeness (QED) is 0.0227. The summed E-state index contributed by atoms with van der Waals surface area (Å²) in [5.74, 6) is -11.8. The Labute approximate surface area is 599 Å². The van der Waals surface area contributed by atoms with Gasteiger partial charge in [-0.05, 0) is 91.9 Å². The number of benzene rings is 4. The third-order valence-electron chi connectivity index (χ3n) is 18.4. The number of aromatic nitrogens is 3. The molecule has 19 N–H and O–H groups in total. The highest BCUT2D eigenvalue weighted by atomic mass is 16.4. The number of hydrogen-bond acceptors (Lipinski definition) is 15. The fraction of sp³-hybridized carbons (Fsp3) is 0.411. The fourth-order valence-corrected chi connectivity index (χ4v) is 12.6.